The van der Waals surface area contributed by atoms with Crippen LogP contribution in [0.4, 0.5) is 4.79 Å². The number of hydrogen-bond acceptors (Lipinski definition) is 3. The van der Waals surface area contributed by atoms with Crippen molar-refractivity contribution >= 4 is 16.8 Å². The van der Waals surface area contributed by atoms with Crippen LogP contribution in [0, 0.1) is 0 Å². The number of likely N-dealkylation sites (tertiary alicyclic amines) is 1. The molecule has 5 heteroatoms. The average Bonchev–Trinajstić information content (AvgIpc) is 2.61. The Balaban J connectivity index is 1.34. The second-order valence-corrected chi connectivity index (χ2v) is 7.64. The van der Waals surface area contributed by atoms with E-state index in [-0.39, 0.29) is 12.1 Å². The molecule has 2 amide bonds. The van der Waals surface area contributed by atoms with Crippen molar-refractivity contribution in [3.05, 3.63) is 48.0 Å². The molecule has 0 spiro atoms. The molecule has 2 aliphatic heterocycles. The fourth-order valence-corrected chi connectivity index (χ4v) is 4.02. The van der Waals surface area contributed by atoms with Crippen LogP contribution in [0.3, 0.4) is 0 Å². The van der Waals surface area contributed by atoms with Gasteiger partial charge in [-0.25, -0.2) is 4.79 Å². The van der Waals surface area contributed by atoms with E-state index in [4.69, 9.17) is 0 Å². The Morgan fingerprint density at radius 1 is 1.04 bits per heavy atom. The van der Waals surface area contributed by atoms with Crippen LogP contribution in [0.15, 0.2) is 42.5 Å². The van der Waals surface area contributed by atoms with Gasteiger partial charge in [0.15, 0.2) is 0 Å². The van der Waals surface area contributed by atoms with Crippen molar-refractivity contribution in [3.8, 4) is 0 Å². The molecule has 2 heterocycles. The Bertz CT molecular complexity index is 773. The number of urea groups is 1. The van der Waals surface area contributed by atoms with Crippen molar-refractivity contribution in [3.63, 3.8) is 0 Å². The number of benzene rings is 2. The minimum Gasteiger partial charge on any atom is -0.331 e. The number of likely N-dealkylation sites (N-methyl/N-ethyl adjacent to an activating group) is 1. The molecular formula is C21H28N4O. The number of rotatable bonds is 3. The normalized spacial score (nSPS) is 20.8. The minimum absolute atomic E-state index is 0.00344. The molecule has 0 aromatic heterocycles. The second kappa shape index (κ2) is 7.25. The lowest BCUT2D eigenvalue weighted by Gasteiger charge is -2.47. The minimum atomic E-state index is -0.00344. The molecule has 0 saturated carbocycles. The molecule has 2 saturated heterocycles. The van der Waals surface area contributed by atoms with Gasteiger partial charge in [-0.3, -0.25) is 4.90 Å². The molecule has 26 heavy (non-hydrogen) atoms. The monoisotopic (exact) mass is 352 g/mol. The van der Waals surface area contributed by atoms with E-state index in [1.807, 2.05) is 11.0 Å². The summed E-state index contributed by atoms with van der Waals surface area (Å²) in [6, 6.07) is 15.2. The van der Waals surface area contributed by atoms with Crippen LogP contribution in [0.1, 0.15) is 18.5 Å². The second-order valence-electron chi connectivity index (χ2n) is 7.64. The predicted molar refractivity (Wildman–Crippen MR) is 105 cm³/mol. The highest BCUT2D eigenvalue weighted by atomic mass is 16.2. The fourth-order valence-electron chi connectivity index (χ4n) is 4.02. The van der Waals surface area contributed by atoms with E-state index in [2.05, 4.69) is 65.5 Å². The van der Waals surface area contributed by atoms with Gasteiger partial charge < -0.3 is 15.1 Å². The van der Waals surface area contributed by atoms with Crippen molar-refractivity contribution in [1.82, 2.24) is 20.0 Å². The maximum atomic E-state index is 12.6. The number of carbonyl (C=O) groups excluding carboxylic acids is 1. The first kappa shape index (κ1) is 17.3. The first-order chi connectivity index (χ1) is 12.6. The fraction of sp³-hybridized carbons (Fsp3) is 0.476. The molecule has 2 aromatic rings. The molecule has 0 radical (unpaired) electrons. The number of nitrogens with one attached hydrogen (secondary N) is 1. The lowest BCUT2D eigenvalue weighted by atomic mass is 9.99. The molecule has 4 rings (SSSR count). The molecule has 5 nitrogen and oxygen atoms in total. The van der Waals surface area contributed by atoms with Crippen LogP contribution in [-0.2, 0) is 0 Å². The topological polar surface area (TPSA) is 38.8 Å². The highest BCUT2D eigenvalue weighted by molar-refractivity contribution is 5.86. The van der Waals surface area contributed by atoms with Gasteiger partial charge in [0.1, 0.15) is 0 Å². The molecule has 138 valence electrons. The van der Waals surface area contributed by atoms with Gasteiger partial charge in [0.2, 0.25) is 0 Å². The summed E-state index contributed by atoms with van der Waals surface area (Å²) in [4.78, 5) is 19.4. The Morgan fingerprint density at radius 2 is 1.73 bits per heavy atom. The summed E-state index contributed by atoms with van der Waals surface area (Å²) in [6.45, 7) is 8.24. The van der Waals surface area contributed by atoms with Gasteiger partial charge in [0.25, 0.3) is 0 Å². The van der Waals surface area contributed by atoms with Gasteiger partial charge in [-0.15, -0.1) is 0 Å². The first-order valence-corrected chi connectivity index (χ1v) is 9.57. The van der Waals surface area contributed by atoms with Crippen LogP contribution in [0.2, 0.25) is 0 Å². The standard InChI is InChI=1S/C21H28N4O/c1-16(19-9-5-7-17-6-3-4-8-20(17)19)22-21(26)25-14-18(15-25)24-12-10-23(2)11-13-24/h3-9,16,18H,10-15H2,1-2H3,(H,22,26). The molecular weight excluding hydrogens is 324 g/mol. The van der Waals surface area contributed by atoms with Gasteiger partial charge in [0.05, 0.1) is 6.04 Å². The highest BCUT2D eigenvalue weighted by Gasteiger charge is 2.36. The zero-order chi connectivity index (χ0) is 18.1. The number of carbonyl (C=O) groups is 1. The van der Waals surface area contributed by atoms with Gasteiger partial charge in [0, 0.05) is 45.3 Å². The maximum Gasteiger partial charge on any atom is 0.317 e. The largest absolute Gasteiger partial charge is 0.331 e. The van der Waals surface area contributed by atoms with E-state index in [0.29, 0.717) is 6.04 Å². The maximum absolute atomic E-state index is 12.6. The lowest BCUT2D eigenvalue weighted by molar-refractivity contribution is 0.0281. The van der Waals surface area contributed by atoms with E-state index in [1.54, 1.807) is 0 Å². The Labute approximate surface area is 155 Å². The van der Waals surface area contributed by atoms with Crippen molar-refractivity contribution in [2.75, 3.05) is 46.3 Å². The van der Waals surface area contributed by atoms with Gasteiger partial charge in [-0.2, -0.15) is 0 Å². The molecule has 0 bridgehead atoms. The lowest BCUT2D eigenvalue weighted by Crippen LogP contribution is -2.65. The van der Waals surface area contributed by atoms with Gasteiger partial charge >= 0.3 is 6.03 Å². The number of hydrogen-bond donors (Lipinski definition) is 1. The quantitative estimate of drug-likeness (QED) is 0.923. The van der Waals surface area contributed by atoms with Crippen LogP contribution in [0.25, 0.3) is 10.8 Å². The Hall–Kier alpha value is -2.11. The highest BCUT2D eigenvalue weighted by Crippen LogP contribution is 2.25. The smallest absolute Gasteiger partial charge is 0.317 e. The molecule has 1 N–H and O–H groups in total. The van der Waals surface area contributed by atoms with E-state index >= 15 is 0 Å². The summed E-state index contributed by atoms with van der Waals surface area (Å²) >= 11 is 0. The Morgan fingerprint density at radius 3 is 2.50 bits per heavy atom. The zero-order valence-electron chi connectivity index (χ0n) is 15.7. The summed E-state index contributed by atoms with van der Waals surface area (Å²) in [5.74, 6) is 0. The van der Waals surface area contributed by atoms with E-state index in [0.717, 1.165) is 39.3 Å². The van der Waals surface area contributed by atoms with Crippen molar-refractivity contribution in [2.45, 2.75) is 19.0 Å². The predicted octanol–water partition coefficient (Wildman–Crippen LogP) is 2.54. The SMILES string of the molecule is CC(NC(=O)N1CC(N2CCN(C)CC2)C1)c1cccc2ccccc12. The first-order valence-electron chi connectivity index (χ1n) is 9.57. The molecule has 1 unspecified atom stereocenters. The van der Waals surface area contributed by atoms with Gasteiger partial charge in [-0.05, 0) is 30.3 Å². The molecule has 2 aliphatic rings. The van der Waals surface area contributed by atoms with E-state index in [1.165, 1.54) is 16.3 Å². The van der Waals surface area contributed by atoms with Crippen LogP contribution < -0.4 is 5.32 Å². The van der Waals surface area contributed by atoms with Crippen molar-refractivity contribution < 1.29 is 4.79 Å². The molecule has 2 fully saturated rings. The van der Waals surface area contributed by atoms with Gasteiger partial charge in [-0.1, -0.05) is 42.5 Å². The number of fused-ring (bicyclic) bond motifs is 1. The van der Waals surface area contributed by atoms with Crippen LogP contribution >= 0.6 is 0 Å². The third-order valence-corrected chi connectivity index (χ3v) is 5.83. The molecule has 1 atom stereocenters. The number of piperazine rings is 1. The number of amides is 2. The number of nitrogens with zero attached hydrogens (tertiary/aromatic N) is 3. The molecule has 0 aliphatic carbocycles. The summed E-state index contributed by atoms with van der Waals surface area (Å²) in [6.07, 6.45) is 0. The third-order valence-electron chi connectivity index (χ3n) is 5.83. The van der Waals surface area contributed by atoms with Crippen molar-refractivity contribution in [2.24, 2.45) is 0 Å². The zero-order valence-corrected chi connectivity index (χ0v) is 15.7. The van der Waals surface area contributed by atoms with Crippen LogP contribution in [0.5, 0.6) is 0 Å². The van der Waals surface area contributed by atoms with Crippen molar-refractivity contribution in [1.29, 1.82) is 0 Å². The summed E-state index contributed by atoms with van der Waals surface area (Å²) in [7, 11) is 2.17. The summed E-state index contributed by atoms with van der Waals surface area (Å²) in [5.41, 5.74) is 1.17. The molecule has 2 aromatic carbocycles. The van der Waals surface area contributed by atoms with E-state index < -0.39 is 0 Å². The summed E-state index contributed by atoms with van der Waals surface area (Å²) in [5, 5.41) is 5.60. The summed E-state index contributed by atoms with van der Waals surface area (Å²) < 4.78 is 0. The third kappa shape index (κ3) is 3.41. The van der Waals surface area contributed by atoms with E-state index in [9.17, 15) is 4.79 Å². The Kier molecular flexibility index (Phi) is 4.83. The van der Waals surface area contributed by atoms with Crippen LogP contribution in [-0.4, -0.2) is 73.1 Å². The average molecular weight is 352 g/mol.